The molecule has 10 rings (SSSR count). The number of aromatic nitrogens is 4. The van der Waals surface area contributed by atoms with Crippen molar-refractivity contribution >= 4 is 49.4 Å². The normalized spacial score (nSPS) is 12.8. The second kappa shape index (κ2) is 11.1. The number of para-hydroxylation sites is 2. The van der Waals surface area contributed by atoms with Crippen LogP contribution in [0.25, 0.3) is 94.5 Å². The summed E-state index contributed by atoms with van der Waals surface area (Å²) in [5.41, 5.74) is 11.8. The molecule has 0 unspecified atom stereocenters. The van der Waals surface area contributed by atoms with Gasteiger partial charge in [0.15, 0.2) is 0 Å². The van der Waals surface area contributed by atoms with Gasteiger partial charge >= 0.3 is 0 Å². The Morgan fingerprint density at radius 3 is 1.66 bits per heavy atom. The summed E-state index contributed by atoms with van der Waals surface area (Å²) in [5.74, 6) is 2.01. The summed E-state index contributed by atoms with van der Waals surface area (Å²) < 4.78 is 4.41. The van der Waals surface area contributed by atoms with Crippen molar-refractivity contribution in [3.63, 3.8) is 0 Å². The van der Waals surface area contributed by atoms with Crippen molar-refractivity contribution in [3.8, 4) is 45.0 Å². The third kappa shape index (κ3) is 4.52. The molecular formula is C46H34N4. The van der Waals surface area contributed by atoms with Crippen LogP contribution in [-0.4, -0.2) is 19.1 Å². The lowest BCUT2D eigenvalue weighted by Crippen LogP contribution is -1.98. The summed E-state index contributed by atoms with van der Waals surface area (Å²) in [6.45, 7) is 0. The molecular weight excluding hydrogens is 609 g/mol. The maximum absolute atomic E-state index is 5.02. The van der Waals surface area contributed by atoms with E-state index in [1.807, 2.05) is 6.07 Å². The van der Waals surface area contributed by atoms with Gasteiger partial charge in [-0.2, -0.15) is 0 Å². The third-order valence-corrected chi connectivity index (χ3v) is 10.5. The molecule has 2 aromatic heterocycles. The Hall–Kier alpha value is -6.26. The van der Waals surface area contributed by atoms with E-state index in [4.69, 9.17) is 9.97 Å². The van der Waals surface area contributed by atoms with E-state index < -0.39 is 0 Å². The Kier molecular flexibility index (Phi) is 6.40. The van der Waals surface area contributed by atoms with Gasteiger partial charge in [-0.1, -0.05) is 103 Å². The van der Waals surface area contributed by atoms with Crippen LogP contribution in [0.4, 0.5) is 0 Å². The molecule has 0 spiro atoms. The molecule has 0 atom stereocenters. The molecule has 0 N–H and O–H groups in total. The van der Waals surface area contributed by atoms with Gasteiger partial charge in [0.05, 0.1) is 22.4 Å². The fourth-order valence-corrected chi connectivity index (χ4v) is 7.96. The Morgan fingerprint density at radius 2 is 1.06 bits per heavy atom. The highest BCUT2D eigenvalue weighted by Crippen LogP contribution is 2.39. The number of allylic oxidation sites excluding steroid dienone is 1. The van der Waals surface area contributed by atoms with Crippen LogP contribution >= 0.6 is 0 Å². The molecule has 0 saturated carbocycles. The highest BCUT2D eigenvalue weighted by Gasteiger charge is 2.17. The minimum atomic E-state index is 0.982. The molecule has 1 aliphatic rings. The molecule has 4 heteroatoms. The molecule has 0 radical (unpaired) electrons. The predicted octanol–water partition coefficient (Wildman–Crippen LogP) is 11.4. The standard InChI is InChI=1S/C46H34N4/c1-49-42-15-5-3-13-40(42)47-45(49)36-23-19-30-25-34(21-17-32(30)27-36)38-11-7-9-29-10-8-12-39(44(29)38)35-22-18-33-28-37(24-20-31(33)26-35)46-48-41-14-4-6-16-43(41)50(46)2/h3,5-13,15-28H,4,14H2,1-2H3. The molecule has 0 bridgehead atoms. The summed E-state index contributed by atoms with van der Waals surface area (Å²) in [6, 6.07) is 48.8. The highest BCUT2D eigenvalue weighted by atomic mass is 15.1. The van der Waals surface area contributed by atoms with Crippen molar-refractivity contribution in [3.05, 3.63) is 151 Å². The molecule has 0 aliphatic heterocycles. The van der Waals surface area contributed by atoms with Crippen molar-refractivity contribution in [1.29, 1.82) is 0 Å². The lowest BCUT2D eigenvalue weighted by molar-refractivity contribution is 0.891. The zero-order valence-corrected chi connectivity index (χ0v) is 28.1. The summed E-state index contributed by atoms with van der Waals surface area (Å²) in [6.07, 6.45) is 6.52. The van der Waals surface area contributed by atoms with Gasteiger partial charge in [0.25, 0.3) is 0 Å². The van der Waals surface area contributed by atoms with Crippen molar-refractivity contribution in [1.82, 2.24) is 19.1 Å². The average molecular weight is 643 g/mol. The van der Waals surface area contributed by atoms with E-state index in [1.54, 1.807) is 0 Å². The second-order valence-corrected chi connectivity index (χ2v) is 13.5. The van der Waals surface area contributed by atoms with Crippen molar-refractivity contribution < 1.29 is 0 Å². The highest BCUT2D eigenvalue weighted by molar-refractivity contribution is 6.08. The van der Waals surface area contributed by atoms with E-state index in [1.165, 1.54) is 66.0 Å². The summed E-state index contributed by atoms with van der Waals surface area (Å²) in [5, 5.41) is 7.37. The van der Waals surface area contributed by atoms with Gasteiger partial charge in [0.2, 0.25) is 0 Å². The van der Waals surface area contributed by atoms with Crippen LogP contribution in [0.15, 0.2) is 140 Å². The van der Waals surface area contributed by atoms with Crippen LogP contribution in [0.3, 0.4) is 0 Å². The Labute approximate surface area is 290 Å². The predicted molar refractivity (Wildman–Crippen MR) is 209 cm³/mol. The molecule has 0 amide bonds. The van der Waals surface area contributed by atoms with Crippen LogP contribution in [0.1, 0.15) is 17.8 Å². The first-order valence-electron chi connectivity index (χ1n) is 17.3. The number of imidazole rings is 2. The van der Waals surface area contributed by atoms with Crippen LogP contribution in [0.2, 0.25) is 0 Å². The van der Waals surface area contributed by atoms with Crippen LogP contribution in [0, 0.1) is 0 Å². The molecule has 1 aliphatic carbocycles. The molecule has 2 heterocycles. The minimum absolute atomic E-state index is 0.982. The summed E-state index contributed by atoms with van der Waals surface area (Å²) in [7, 11) is 4.22. The molecule has 0 saturated heterocycles. The maximum Gasteiger partial charge on any atom is 0.140 e. The molecule has 7 aromatic carbocycles. The average Bonchev–Trinajstić information content (AvgIpc) is 3.69. The van der Waals surface area contributed by atoms with Gasteiger partial charge in [-0.3, -0.25) is 0 Å². The number of rotatable bonds is 4. The van der Waals surface area contributed by atoms with Crippen molar-refractivity contribution in [2.75, 3.05) is 0 Å². The second-order valence-electron chi connectivity index (χ2n) is 13.5. The van der Waals surface area contributed by atoms with Gasteiger partial charge in [0, 0.05) is 25.2 Å². The van der Waals surface area contributed by atoms with E-state index in [2.05, 4.69) is 163 Å². The molecule has 9 aromatic rings. The van der Waals surface area contributed by atoms with E-state index in [-0.39, 0.29) is 0 Å². The number of hydrogen-bond donors (Lipinski definition) is 0. The van der Waals surface area contributed by atoms with Crippen LogP contribution < -0.4 is 0 Å². The van der Waals surface area contributed by atoms with Gasteiger partial charge < -0.3 is 9.13 Å². The largest absolute Gasteiger partial charge is 0.327 e. The zero-order valence-electron chi connectivity index (χ0n) is 28.1. The fourth-order valence-electron chi connectivity index (χ4n) is 7.96. The topological polar surface area (TPSA) is 35.6 Å². The summed E-state index contributed by atoms with van der Waals surface area (Å²) in [4.78, 5) is 9.96. The van der Waals surface area contributed by atoms with Gasteiger partial charge in [0.1, 0.15) is 11.6 Å². The van der Waals surface area contributed by atoms with Gasteiger partial charge in [-0.15, -0.1) is 0 Å². The third-order valence-electron chi connectivity index (χ3n) is 10.5. The number of fused-ring (bicyclic) bond motifs is 5. The van der Waals surface area contributed by atoms with E-state index in [0.717, 1.165) is 46.7 Å². The number of benzene rings is 7. The molecule has 0 fully saturated rings. The van der Waals surface area contributed by atoms with Gasteiger partial charge in [-0.05, 0) is 110 Å². The van der Waals surface area contributed by atoms with Crippen LogP contribution in [-0.2, 0) is 20.5 Å². The molecule has 4 nitrogen and oxygen atoms in total. The van der Waals surface area contributed by atoms with E-state index >= 15 is 0 Å². The Balaban J connectivity index is 1.04. The quantitative estimate of drug-likeness (QED) is 0.191. The first-order valence-corrected chi connectivity index (χ1v) is 17.3. The first-order chi connectivity index (χ1) is 24.6. The SMILES string of the molecule is Cn1c(-c2ccc3cc(-c4cccc5cccc(-c6ccc7cc(-c8nc9ccccc9n8C)ccc7c6)c45)ccc3c2)nc2c1C=CCC2. The first kappa shape index (κ1) is 28.7. The lowest BCUT2D eigenvalue weighted by atomic mass is 9.90. The lowest BCUT2D eigenvalue weighted by Gasteiger charge is -2.14. The van der Waals surface area contributed by atoms with E-state index in [9.17, 15) is 0 Å². The van der Waals surface area contributed by atoms with E-state index in [0.29, 0.717) is 0 Å². The van der Waals surface area contributed by atoms with Crippen molar-refractivity contribution in [2.45, 2.75) is 12.8 Å². The van der Waals surface area contributed by atoms with Crippen molar-refractivity contribution in [2.24, 2.45) is 14.1 Å². The smallest absolute Gasteiger partial charge is 0.140 e. The molecule has 238 valence electrons. The number of aryl methyl sites for hydroxylation is 2. The van der Waals surface area contributed by atoms with Gasteiger partial charge in [-0.25, -0.2) is 9.97 Å². The number of nitrogens with zero attached hydrogens (tertiary/aromatic N) is 4. The van der Waals surface area contributed by atoms with Crippen LogP contribution in [0.5, 0.6) is 0 Å². The number of hydrogen-bond acceptors (Lipinski definition) is 2. The fraction of sp³-hybridized carbons (Fsp3) is 0.0870. The monoisotopic (exact) mass is 642 g/mol. The zero-order chi connectivity index (χ0) is 33.3. The maximum atomic E-state index is 5.02. The minimum Gasteiger partial charge on any atom is -0.327 e. The molecule has 50 heavy (non-hydrogen) atoms. The Morgan fingerprint density at radius 1 is 0.500 bits per heavy atom. The Bertz CT molecular complexity index is 2840. The summed E-state index contributed by atoms with van der Waals surface area (Å²) >= 11 is 0.